The largest absolute Gasteiger partial charge is 0.507 e. The monoisotopic (exact) mass is 458 g/mol. The number of amides is 1. The van der Waals surface area contributed by atoms with Gasteiger partial charge in [-0.1, -0.05) is 35.9 Å². The molecule has 0 spiro atoms. The number of carbonyl (C=O) groups excluding carboxylic acids is 1. The molecule has 0 aliphatic carbocycles. The van der Waals surface area contributed by atoms with Gasteiger partial charge >= 0.3 is 0 Å². The summed E-state index contributed by atoms with van der Waals surface area (Å²) < 4.78 is 5.78. The number of benzene rings is 2. The maximum Gasteiger partial charge on any atom is 0.242 e. The molecule has 176 valence electrons. The van der Waals surface area contributed by atoms with Crippen molar-refractivity contribution in [1.82, 2.24) is 20.7 Å². The van der Waals surface area contributed by atoms with Crippen LogP contribution in [-0.2, 0) is 11.3 Å². The van der Waals surface area contributed by atoms with Gasteiger partial charge in [-0.25, -0.2) is 10.9 Å². The number of nitrogens with one attached hydrogen (secondary N) is 2. The number of ether oxygens (including phenoxy) is 1. The Labute approximate surface area is 199 Å². The third-order valence-corrected chi connectivity index (χ3v) is 6.81. The Morgan fingerprint density at radius 2 is 1.91 bits per heavy atom. The number of hydrogen-bond donors (Lipinski definition) is 3. The number of likely N-dealkylation sites (tertiary alicyclic amines) is 1. The molecule has 2 aliphatic rings. The Bertz CT molecular complexity index is 1200. The molecule has 3 N–H and O–H groups in total. The van der Waals surface area contributed by atoms with E-state index in [0.717, 1.165) is 33.6 Å². The number of hydrogen-bond acceptors (Lipinski definition) is 6. The van der Waals surface area contributed by atoms with Crippen molar-refractivity contribution in [2.75, 3.05) is 6.61 Å². The molecule has 0 radical (unpaired) electrons. The van der Waals surface area contributed by atoms with Crippen LogP contribution in [-0.4, -0.2) is 33.5 Å². The van der Waals surface area contributed by atoms with Crippen molar-refractivity contribution < 1.29 is 14.6 Å². The number of aromatic nitrogens is 1. The Balaban J connectivity index is 1.60. The van der Waals surface area contributed by atoms with Crippen LogP contribution in [0.1, 0.15) is 46.8 Å². The molecule has 3 aromatic rings. The zero-order chi connectivity index (χ0) is 23.8. The third-order valence-electron chi connectivity index (χ3n) is 6.81. The van der Waals surface area contributed by atoms with E-state index < -0.39 is 6.04 Å². The van der Waals surface area contributed by atoms with Crippen LogP contribution in [0.15, 0.2) is 60.9 Å². The van der Waals surface area contributed by atoms with Gasteiger partial charge in [0, 0.05) is 30.4 Å². The van der Waals surface area contributed by atoms with Gasteiger partial charge in [-0.15, -0.1) is 0 Å². The molecule has 7 heteroatoms. The molecule has 4 unspecified atom stereocenters. The predicted octanol–water partition coefficient (Wildman–Crippen LogP) is 3.72. The molecule has 2 aliphatic heterocycles. The van der Waals surface area contributed by atoms with E-state index in [-0.39, 0.29) is 29.7 Å². The molecule has 7 nitrogen and oxygen atoms in total. The van der Waals surface area contributed by atoms with Crippen molar-refractivity contribution in [2.45, 2.75) is 45.4 Å². The van der Waals surface area contributed by atoms with E-state index in [0.29, 0.717) is 13.2 Å². The average molecular weight is 459 g/mol. The molecular formula is C27H30N4O3. The number of nitrogens with zero attached hydrogens (tertiary/aromatic N) is 2. The maximum atomic E-state index is 13.7. The maximum absolute atomic E-state index is 13.7. The number of phenolic OH excluding ortho intramolecular Hbond substituents is 1. The molecule has 1 amide bonds. The highest BCUT2D eigenvalue weighted by atomic mass is 16.5. The van der Waals surface area contributed by atoms with Gasteiger partial charge in [-0.05, 0) is 55.7 Å². The minimum atomic E-state index is -0.414. The first-order valence-corrected chi connectivity index (χ1v) is 11.7. The zero-order valence-electron chi connectivity index (χ0n) is 19.7. The Morgan fingerprint density at radius 3 is 2.68 bits per heavy atom. The molecule has 4 atom stereocenters. The number of carbonyl (C=O) groups is 1. The fourth-order valence-electron chi connectivity index (χ4n) is 5.42. The summed E-state index contributed by atoms with van der Waals surface area (Å²) in [5, 5.41) is 10.9. The van der Waals surface area contributed by atoms with Crippen LogP contribution in [0.2, 0.25) is 0 Å². The Hall–Kier alpha value is -3.42. The van der Waals surface area contributed by atoms with Crippen molar-refractivity contribution in [3.8, 4) is 11.5 Å². The van der Waals surface area contributed by atoms with Crippen molar-refractivity contribution in [3.05, 3.63) is 88.7 Å². The smallest absolute Gasteiger partial charge is 0.242 e. The van der Waals surface area contributed by atoms with Crippen molar-refractivity contribution in [3.63, 3.8) is 0 Å². The van der Waals surface area contributed by atoms with E-state index in [2.05, 4.69) is 21.9 Å². The van der Waals surface area contributed by atoms with Crippen LogP contribution < -0.4 is 15.6 Å². The fourth-order valence-corrected chi connectivity index (χ4v) is 5.42. The number of rotatable bonds is 6. The van der Waals surface area contributed by atoms with Gasteiger partial charge < -0.3 is 14.7 Å². The van der Waals surface area contributed by atoms with Gasteiger partial charge in [0.15, 0.2) is 0 Å². The van der Waals surface area contributed by atoms with E-state index in [1.165, 1.54) is 0 Å². The normalized spacial score (nSPS) is 23.9. The third kappa shape index (κ3) is 3.91. The van der Waals surface area contributed by atoms with Crippen LogP contribution >= 0.6 is 0 Å². The minimum Gasteiger partial charge on any atom is -0.507 e. The number of fused-ring (bicyclic) bond motifs is 1. The molecule has 2 aromatic carbocycles. The molecule has 0 saturated carbocycles. The van der Waals surface area contributed by atoms with Gasteiger partial charge in [0.05, 0.1) is 18.7 Å². The minimum absolute atomic E-state index is 0.0273. The van der Waals surface area contributed by atoms with Gasteiger partial charge in [0.25, 0.3) is 0 Å². The van der Waals surface area contributed by atoms with E-state index in [1.807, 2.05) is 68.1 Å². The Morgan fingerprint density at radius 1 is 1.09 bits per heavy atom. The first kappa shape index (κ1) is 22.4. The van der Waals surface area contributed by atoms with E-state index in [4.69, 9.17) is 4.74 Å². The topological polar surface area (TPSA) is 86.7 Å². The number of pyridine rings is 1. The van der Waals surface area contributed by atoms with E-state index in [1.54, 1.807) is 12.4 Å². The van der Waals surface area contributed by atoms with Crippen LogP contribution in [0.5, 0.6) is 11.5 Å². The highest BCUT2D eigenvalue weighted by Crippen LogP contribution is 2.49. The van der Waals surface area contributed by atoms with Crippen LogP contribution in [0, 0.1) is 19.8 Å². The number of phenols is 1. The second-order valence-electron chi connectivity index (χ2n) is 9.12. The van der Waals surface area contributed by atoms with Crippen molar-refractivity contribution in [2.24, 2.45) is 5.92 Å². The van der Waals surface area contributed by atoms with Crippen molar-refractivity contribution in [1.29, 1.82) is 0 Å². The summed E-state index contributed by atoms with van der Waals surface area (Å²) in [6, 6.07) is 15.0. The second kappa shape index (κ2) is 9.08. The number of hydrazine groups is 1. The van der Waals surface area contributed by atoms with Gasteiger partial charge in [-0.3, -0.25) is 9.78 Å². The predicted molar refractivity (Wildman–Crippen MR) is 129 cm³/mol. The lowest BCUT2D eigenvalue weighted by atomic mass is 9.82. The summed E-state index contributed by atoms with van der Waals surface area (Å²) in [7, 11) is 0. The van der Waals surface area contributed by atoms with Crippen LogP contribution in [0.25, 0.3) is 0 Å². The molecule has 2 saturated heterocycles. The van der Waals surface area contributed by atoms with E-state index >= 15 is 0 Å². The lowest BCUT2D eigenvalue weighted by Crippen LogP contribution is -2.41. The average Bonchev–Trinajstić information content (AvgIpc) is 3.36. The first-order chi connectivity index (χ1) is 16.5. The summed E-state index contributed by atoms with van der Waals surface area (Å²) in [6.45, 7) is 6.91. The standard InChI is InChI=1S/C27H30N4O3/c1-4-34-20-9-5-8-19(13-20)25-22-23(21-12-16(2)11-17(3)26(21)32)29-30-24(22)27(33)31(25)15-18-7-6-10-28-14-18/h5-14,22-25,29-30,32H,4,15H2,1-3H3. The SMILES string of the molecule is CCOc1cccc(C2C3C(NNC3c3cc(C)cc(C)c3O)C(=O)N2Cc2cccnc2)c1. The highest BCUT2D eigenvalue weighted by molar-refractivity contribution is 5.86. The lowest BCUT2D eigenvalue weighted by molar-refractivity contribution is -0.131. The van der Waals surface area contributed by atoms with Crippen molar-refractivity contribution >= 4 is 5.91 Å². The number of aryl methyl sites for hydroxylation is 2. The molecule has 1 aromatic heterocycles. The summed E-state index contributed by atoms with van der Waals surface area (Å²) in [5.74, 6) is 0.945. The molecule has 5 rings (SSSR count). The fraction of sp³-hybridized carbons (Fsp3) is 0.333. The van der Waals surface area contributed by atoms with Gasteiger partial charge in [0.1, 0.15) is 17.5 Å². The quantitative estimate of drug-likeness (QED) is 0.522. The molecule has 2 fully saturated rings. The van der Waals surface area contributed by atoms with Crippen LogP contribution in [0.4, 0.5) is 0 Å². The molecule has 3 heterocycles. The molecule has 34 heavy (non-hydrogen) atoms. The molecule has 0 bridgehead atoms. The Kier molecular flexibility index (Phi) is 5.98. The van der Waals surface area contributed by atoms with Gasteiger partial charge in [-0.2, -0.15) is 0 Å². The van der Waals surface area contributed by atoms with E-state index in [9.17, 15) is 9.90 Å². The summed E-state index contributed by atoms with van der Waals surface area (Å²) in [4.78, 5) is 19.9. The van der Waals surface area contributed by atoms with Gasteiger partial charge in [0.2, 0.25) is 5.91 Å². The summed E-state index contributed by atoms with van der Waals surface area (Å²) >= 11 is 0. The summed E-state index contributed by atoms with van der Waals surface area (Å²) in [6.07, 6.45) is 3.53. The first-order valence-electron chi connectivity index (χ1n) is 11.7. The highest BCUT2D eigenvalue weighted by Gasteiger charge is 2.56. The molecular weight excluding hydrogens is 428 g/mol. The second-order valence-corrected chi connectivity index (χ2v) is 9.12. The lowest BCUT2D eigenvalue weighted by Gasteiger charge is -2.32. The summed E-state index contributed by atoms with van der Waals surface area (Å²) in [5.41, 5.74) is 11.2. The van der Waals surface area contributed by atoms with Crippen LogP contribution in [0.3, 0.4) is 0 Å². The number of aromatic hydroxyl groups is 1. The zero-order valence-corrected chi connectivity index (χ0v) is 19.7.